The molecule has 96 valence electrons. The Morgan fingerprint density at radius 3 is 2.71 bits per heavy atom. The molecule has 2 rings (SSSR count). The predicted octanol–water partition coefficient (Wildman–Crippen LogP) is 0.796. The highest BCUT2D eigenvalue weighted by Gasteiger charge is 2.42. The Bertz CT molecular complexity index is 380. The third kappa shape index (κ3) is 3.09. The molecule has 1 aromatic rings. The lowest BCUT2D eigenvalue weighted by molar-refractivity contribution is 0.0510. The fourth-order valence-electron chi connectivity index (χ4n) is 1.59. The summed E-state index contributed by atoms with van der Waals surface area (Å²) in [6, 6.07) is 0. The molecule has 1 saturated carbocycles. The van der Waals surface area contributed by atoms with Crippen molar-refractivity contribution in [3.05, 3.63) is 0 Å². The Hall–Kier alpha value is -0.370. The highest BCUT2D eigenvalue weighted by molar-refractivity contribution is 8.01. The summed E-state index contributed by atoms with van der Waals surface area (Å²) in [5.41, 5.74) is 4.93. The first-order valence-electron chi connectivity index (χ1n) is 5.61. The van der Waals surface area contributed by atoms with Crippen LogP contribution in [0.25, 0.3) is 0 Å². The van der Waals surface area contributed by atoms with Gasteiger partial charge in [0.2, 0.25) is 5.13 Å². The minimum atomic E-state index is -0.728. The lowest BCUT2D eigenvalue weighted by atomic mass is 10.0. The molecule has 1 aliphatic carbocycles. The van der Waals surface area contributed by atoms with Gasteiger partial charge in [-0.1, -0.05) is 23.1 Å². The molecule has 1 aromatic heterocycles. The minimum Gasteiger partial charge on any atom is -0.387 e. The van der Waals surface area contributed by atoms with Gasteiger partial charge in [-0.15, -0.1) is 10.2 Å². The van der Waals surface area contributed by atoms with Gasteiger partial charge in [-0.25, -0.2) is 0 Å². The fraction of sp³-hybridized carbons (Fsp3) is 0.800. The van der Waals surface area contributed by atoms with Crippen molar-refractivity contribution in [2.24, 2.45) is 11.7 Å². The van der Waals surface area contributed by atoms with Crippen LogP contribution in [0.15, 0.2) is 4.34 Å². The lowest BCUT2D eigenvalue weighted by Crippen LogP contribution is -2.42. The van der Waals surface area contributed by atoms with Gasteiger partial charge in [-0.05, 0) is 18.8 Å². The molecule has 1 fully saturated rings. The van der Waals surface area contributed by atoms with E-state index in [1.54, 1.807) is 11.8 Å². The van der Waals surface area contributed by atoms with E-state index in [1.807, 2.05) is 19.0 Å². The van der Waals surface area contributed by atoms with Gasteiger partial charge in [0, 0.05) is 26.4 Å². The molecule has 1 heterocycles. The lowest BCUT2D eigenvalue weighted by Gasteiger charge is -2.25. The average molecular weight is 274 g/mol. The number of aliphatic hydroxyl groups is 1. The zero-order valence-electron chi connectivity index (χ0n) is 10.1. The van der Waals surface area contributed by atoms with Crippen LogP contribution in [0.3, 0.4) is 0 Å². The maximum Gasteiger partial charge on any atom is 0.208 e. The number of nitrogens with zero attached hydrogens (tertiary/aromatic N) is 3. The van der Waals surface area contributed by atoms with Gasteiger partial charge in [0.15, 0.2) is 4.34 Å². The van der Waals surface area contributed by atoms with E-state index in [0.29, 0.717) is 18.2 Å². The van der Waals surface area contributed by atoms with Crippen LogP contribution in [0.4, 0.5) is 5.13 Å². The van der Waals surface area contributed by atoms with Gasteiger partial charge in [-0.3, -0.25) is 0 Å². The van der Waals surface area contributed by atoms with E-state index in [1.165, 1.54) is 11.3 Å². The quantitative estimate of drug-likeness (QED) is 0.747. The van der Waals surface area contributed by atoms with E-state index < -0.39 is 5.60 Å². The van der Waals surface area contributed by atoms with Crippen molar-refractivity contribution in [3.8, 4) is 0 Å². The van der Waals surface area contributed by atoms with Crippen LogP contribution in [0.2, 0.25) is 0 Å². The summed E-state index contributed by atoms with van der Waals surface area (Å²) >= 11 is 3.09. The van der Waals surface area contributed by atoms with Crippen molar-refractivity contribution in [1.82, 2.24) is 10.2 Å². The number of thioether (sulfide) groups is 1. The second-order valence-corrected chi connectivity index (χ2v) is 6.79. The van der Waals surface area contributed by atoms with Crippen LogP contribution >= 0.6 is 23.1 Å². The molecule has 1 unspecified atom stereocenters. The molecule has 1 aliphatic rings. The number of nitrogens with two attached hydrogens (primary N) is 1. The van der Waals surface area contributed by atoms with Crippen LogP contribution in [0.1, 0.15) is 12.8 Å². The van der Waals surface area contributed by atoms with Gasteiger partial charge >= 0.3 is 0 Å². The average Bonchev–Trinajstić information content (AvgIpc) is 3.05. The van der Waals surface area contributed by atoms with Crippen molar-refractivity contribution < 1.29 is 5.11 Å². The standard InChI is InChI=1S/C10H18N4OS2/c1-14(2)8-12-13-9(17-8)16-6-10(15,5-11)7-3-4-7/h7,15H,3-6,11H2,1-2H3. The zero-order valence-corrected chi connectivity index (χ0v) is 11.7. The molecule has 0 amide bonds. The Morgan fingerprint density at radius 2 is 2.24 bits per heavy atom. The van der Waals surface area contributed by atoms with E-state index in [2.05, 4.69) is 10.2 Å². The van der Waals surface area contributed by atoms with E-state index in [-0.39, 0.29) is 0 Å². The second-order valence-electron chi connectivity index (χ2n) is 4.62. The van der Waals surface area contributed by atoms with Crippen LogP contribution in [0.5, 0.6) is 0 Å². The van der Waals surface area contributed by atoms with E-state index in [9.17, 15) is 5.11 Å². The maximum absolute atomic E-state index is 10.3. The van der Waals surface area contributed by atoms with Crippen molar-refractivity contribution in [2.45, 2.75) is 22.8 Å². The molecule has 17 heavy (non-hydrogen) atoms. The van der Waals surface area contributed by atoms with Crippen LogP contribution in [-0.4, -0.2) is 47.3 Å². The monoisotopic (exact) mass is 274 g/mol. The molecular formula is C10H18N4OS2. The van der Waals surface area contributed by atoms with Gasteiger partial charge in [-0.2, -0.15) is 0 Å². The first kappa shape index (κ1) is 13.1. The molecule has 0 aromatic carbocycles. The number of hydrogen-bond donors (Lipinski definition) is 2. The number of anilines is 1. The molecule has 0 saturated heterocycles. The van der Waals surface area contributed by atoms with Gasteiger partial charge in [0.05, 0.1) is 5.60 Å². The van der Waals surface area contributed by atoms with Crippen molar-refractivity contribution >= 4 is 28.2 Å². The summed E-state index contributed by atoms with van der Waals surface area (Å²) < 4.78 is 0.890. The maximum atomic E-state index is 10.3. The third-order valence-electron chi connectivity index (χ3n) is 2.91. The minimum absolute atomic E-state index is 0.323. The van der Waals surface area contributed by atoms with Gasteiger partial charge in [0.1, 0.15) is 0 Å². The highest BCUT2D eigenvalue weighted by atomic mass is 32.2. The Morgan fingerprint density at radius 1 is 1.53 bits per heavy atom. The molecule has 0 aliphatic heterocycles. The first-order chi connectivity index (χ1) is 8.05. The summed E-state index contributed by atoms with van der Waals surface area (Å²) in [7, 11) is 3.88. The molecular weight excluding hydrogens is 256 g/mol. The van der Waals surface area contributed by atoms with E-state index in [4.69, 9.17) is 5.73 Å². The number of rotatable bonds is 6. The van der Waals surface area contributed by atoms with Crippen molar-refractivity contribution in [1.29, 1.82) is 0 Å². The Labute approximate surface area is 109 Å². The summed E-state index contributed by atoms with van der Waals surface area (Å²) in [6.07, 6.45) is 2.18. The zero-order chi connectivity index (χ0) is 12.5. The summed E-state index contributed by atoms with van der Waals surface area (Å²) in [4.78, 5) is 1.93. The molecule has 0 spiro atoms. The summed E-state index contributed by atoms with van der Waals surface area (Å²) in [5, 5.41) is 19.4. The second kappa shape index (κ2) is 5.09. The largest absolute Gasteiger partial charge is 0.387 e. The van der Waals surface area contributed by atoms with Crippen LogP contribution in [-0.2, 0) is 0 Å². The van der Waals surface area contributed by atoms with Gasteiger partial charge < -0.3 is 15.7 Å². The van der Waals surface area contributed by atoms with E-state index >= 15 is 0 Å². The Kier molecular flexibility index (Phi) is 3.92. The predicted molar refractivity (Wildman–Crippen MR) is 71.7 cm³/mol. The van der Waals surface area contributed by atoms with Crippen molar-refractivity contribution in [2.75, 3.05) is 31.3 Å². The van der Waals surface area contributed by atoms with Gasteiger partial charge in [0.25, 0.3) is 0 Å². The highest BCUT2D eigenvalue weighted by Crippen LogP contribution is 2.42. The topological polar surface area (TPSA) is 75.3 Å². The Balaban J connectivity index is 1.92. The van der Waals surface area contributed by atoms with E-state index in [0.717, 1.165) is 22.3 Å². The molecule has 0 bridgehead atoms. The van der Waals surface area contributed by atoms with Crippen molar-refractivity contribution in [3.63, 3.8) is 0 Å². The van der Waals surface area contributed by atoms with Crippen LogP contribution < -0.4 is 10.6 Å². The summed E-state index contributed by atoms with van der Waals surface area (Å²) in [6.45, 7) is 0.323. The number of hydrogen-bond acceptors (Lipinski definition) is 7. The number of aromatic nitrogens is 2. The molecule has 5 nitrogen and oxygen atoms in total. The normalized spacial score (nSPS) is 19.1. The van der Waals surface area contributed by atoms with Crippen LogP contribution in [0, 0.1) is 5.92 Å². The molecule has 7 heteroatoms. The molecule has 1 atom stereocenters. The SMILES string of the molecule is CN(C)c1nnc(SCC(O)(CN)C2CC2)s1. The summed E-state index contributed by atoms with van der Waals surface area (Å²) in [5.74, 6) is 0.984. The first-order valence-corrected chi connectivity index (χ1v) is 7.41. The smallest absolute Gasteiger partial charge is 0.208 e. The fourth-order valence-corrected chi connectivity index (χ4v) is 3.56. The molecule has 0 radical (unpaired) electrons. The molecule has 3 N–H and O–H groups in total. The third-order valence-corrected chi connectivity index (χ3v) is 5.38.